The second kappa shape index (κ2) is 14.0. The summed E-state index contributed by atoms with van der Waals surface area (Å²) in [6.45, 7) is 5.90. The highest BCUT2D eigenvalue weighted by molar-refractivity contribution is 5.98. The zero-order valence-corrected chi connectivity index (χ0v) is 25.8. The molecule has 3 heterocycles. The lowest BCUT2D eigenvalue weighted by Gasteiger charge is -2.22. The van der Waals surface area contributed by atoms with E-state index in [1.54, 1.807) is 48.5 Å². The first-order valence-corrected chi connectivity index (χ1v) is 14.3. The number of anilines is 2. The molecule has 12 heteroatoms. The molecule has 1 aliphatic rings. The molecule has 1 aliphatic heterocycles. The highest BCUT2D eigenvalue weighted by Crippen LogP contribution is 2.39. The Morgan fingerprint density at radius 3 is 2.73 bits per heavy atom. The summed E-state index contributed by atoms with van der Waals surface area (Å²) in [5.74, 6) is 1.21. The van der Waals surface area contributed by atoms with Crippen LogP contribution in [-0.2, 0) is 11.8 Å². The van der Waals surface area contributed by atoms with Gasteiger partial charge >= 0.3 is 0 Å². The Kier molecular flexibility index (Phi) is 9.64. The number of pyridine rings is 1. The van der Waals surface area contributed by atoms with Crippen LogP contribution in [0, 0.1) is 5.82 Å². The van der Waals surface area contributed by atoms with Gasteiger partial charge in [0.25, 0.3) is 0 Å². The molecule has 0 atom stereocenters. The molecule has 0 fully saturated rings. The number of halogens is 1. The number of nitrogens with zero attached hydrogens (tertiary/aromatic N) is 7. The first-order valence-electron chi connectivity index (χ1n) is 14.3. The van der Waals surface area contributed by atoms with Crippen molar-refractivity contribution in [2.75, 3.05) is 52.7 Å². The molecule has 1 N–H and O–H groups in total. The van der Waals surface area contributed by atoms with Gasteiger partial charge in [0.15, 0.2) is 12.8 Å². The highest BCUT2D eigenvalue weighted by atomic mass is 19.1. The van der Waals surface area contributed by atoms with E-state index in [1.807, 2.05) is 59.6 Å². The van der Waals surface area contributed by atoms with Crippen LogP contribution in [0.5, 0.6) is 17.2 Å². The molecule has 2 aromatic heterocycles. The maximum Gasteiger partial charge on any atom is 0.248 e. The van der Waals surface area contributed by atoms with E-state index in [0.717, 1.165) is 5.69 Å². The van der Waals surface area contributed by atoms with Crippen molar-refractivity contribution in [1.82, 2.24) is 24.3 Å². The van der Waals surface area contributed by atoms with Gasteiger partial charge in [0.2, 0.25) is 17.3 Å². The molecule has 5 rings (SSSR count). The van der Waals surface area contributed by atoms with Crippen molar-refractivity contribution >= 4 is 40.2 Å². The minimum atomic E-state index is -0.527. The lowest BCUT2D eigenvalue weighted by Crippen LogP contribution is -2.41. The smallest absolute Gasteiger partial charge is 0.248 e. The molecule has 0 saturated carbocycles. The number of fused-ring (bicyclic) bond motifs is 1. The normalized spacial score (nSPS) is 13.8. The van der Waals surface area contributed by atoms with E-state index in [2.05, 4.69) is 26.9 Å². The predicted molar refractivity (Wildman–Crippen MR) is 172 cm³/mol. The Balaban J connectivity index is 1.39. The SMILES string of the molecule is C=CN=c1cc(Oc2ccc(Nc3ncnc4ccc([N+]5=CCN(C(=O)/C=C/CN(C)C)CC5)c(OC)c34)c(F)c2)ccn1C. The largest absolute Gasteiger partial charge is 0.490 e. The fourth-order valence-corrected chi connectivity index (χ4v) is 4.88. The van der Waals surface area contributed by atoms with Crippen LogP contribution in [0.4, 0.5) is 21.6 Å². The maximum atomic E-state index is 15.4. The van der Waals surface area contributed by atoms with Gasteiger partial charge < -0.3 is 29.2 Å². The Morgan fingerprint density at radius 2 is 2.02 bits per heavy atom. The second-order valence-corrected chi connectivity index (χ2v) is 10.6. The number of likely N-dealkylation sites (N-methyl/N-ethyl adjacent to an activating group) is 1. The van der Waals surface area contributed by atoms with E-state index in [4.69, 9.17) is 9.47 Å². The molecule has 2 aromatic carbocycles. The van der Waals surface area contributed by atoms with Crippen LogP contribution in [0.25, 0.3) is 10.9 Å². The number of methoxy groups -OCH3 is 1. The van der Waals surface area contributed by atoms with Gasteiger partial charge in [-0.2, -0.15) is 4.58 Å². The second-order valence-electron chi connectivity index (χ2n) is 10.6. The number of rotatable bonds is 10. The van der Waals surface area contributed by atoms with Crippen molar-refractivity contribution < 1.29 is 23.2 Å². The molecular weight excluding hydrogens is 575 g/mol. The quantitative estimate of drug-likeness (QED) is 0.210. The number of hydrogen-bond acceptors (Lipinski definition) is 8. The number of carbonyl (C=O) groups is 1. The Labute approximate surface area is 260 Å². The molecule has 1 amide bonds. The molecule has 0 unspecified atom stereocenters. The summed E-state index contributed by atoms with van der Waals surface area (Å²) in [6, 6.07) is 11.9. The van der Waals surface area contributed by atoms with Gasteiger partial charge in [0.05, 0.1) is 36.8 Å². The summed E-state index contributed by atoms with van der Waals surface area (Å²) in [6.07, 6.45) is 10.1. The van der Waals surface area contributed by atoms with E-state index in [-0.39, 0.29) is 11.6 Å². The topological polar surface area (TPSA) is 100 Å². The summed E-state index contributed by atoms with van der Waals surface area (Å²) >= 11 is 0. The summed E-state index contributed by atoms with van der Waals surface area (Å²) in [5.41, 5.74) is 2.27. The van der Waals surface area contributed by atoms with Gasteiger partial charge in [-0.3, -0.25) is 4.79 Å². The van der Waals surface area contributed by atoms with Gasteiger partial charge in [-0.05, 0) is 38.4 Å². The average molecular weight is 612 g/mol. The van der Waals surface area contributed by atoms with E-state index >= 15 is 4.39 Å². The molecule has 0 bridgehead atoms. The molecule has 0 spiro atoms. The Bertz CT molecular complexity index is 1860. The number of nitrogens with one attached hydrogen (secondary N) is 1. The molecular formula is C33H36FN8O3+. The van der Waals surface area contributed by atoms with Crippen molar-refractivity contribution in [1.29, 1.82) is 0 Å². The molecule has 0 saturated heterocycles. The van der Waals surface area contributed by atoms with Crippen molar-refractivity contribution in [3.63, 3.8) is 0 Å². The third kappa shape index (κ3) is 7.24. The lowest BCUT2D eigenvalue weighted by atomic mass is 10.1. The molecule has 0 radical (unpaired) electrons. The molecule has 11 nitrogen and oxygen atoms in total. The number of benzene rings is 2. The van der Waals surface area contributed by atoms with Crippen LogP contribution >= 0.6 is 0 Å². The van der Waals surface area contributed by atoms with Gasteiger partial charge in [-0.25, -0.2) is 19.4 Å². The summed E-state index contributed by atoms with van der Waals surface area (Å²) < 4.78 is 31.0. The van der Waals surface area contributed by atoms with Gasteiger partial charge in [-0.15, -0.1) is 0 Å². The zero-order chi connectivity index (χ0) is 31.9. The first-order chi connectivity index (χ1) is 21.8. The van der Waals surface area contributed by atoms with Crippen LogP contribution in [0.3, 0.4) is 0 Å². The minimum Gasteiger partial charge on any atom is -0.490 e. The van der Waals surface area contributed by atoms with E-state index in [0.29, 0.717) is 65.6 Å². The predicted octanol–water partition coefficient (Wildman–Crippen LogP) is 4.37. The van der Waals surface area contributed by atoms with Gasteiger partial charge in [-0.1, -0.05) is 12.7 Å². The standard InChI is InChI=1S/C33H36FN8O3/c1-6-35-29-21-24(13-15-40(29)4)45-23-9-10-26(25(34)20-23)38-33-31-27(36-22-37-33)11-12-28(32(31)44-5)41-16-18-42(19-17-41)30(43)8-7-14-39(2)3/h6-13,15-16,20-22H,1,14,17-19H2,2-5H3,(H,36,37,38)/q+1/b8-7+,35-29?. The van der Waals surface area contributed by atoms with Gasteiger partial charge in [0, 0.05) is 50.3 Å². The molecule has 45 heavy (non-hydrogen) atoms. The van der Waals surface area contributed by atoms with Crippen molar-refractivity contribution in [2.24, 2.45) is 12.0 Å². The molecule has 4 aromatic rings. The van der Waals surface area contributed by atoms with Crippen molar-refractivity contribution in [2.45, 2.75) is 0 Å². The Morgan fingerprint density at radius 1 is 1.20 bits per heavy atom. The first kappa shape index (κ1) is 31.1. The fraction of sp³-hybridized carbons (Fsp3) is 0.242. The van der Waals surface area contributed by atoms with Crippen molar-refractivity contribution in [3.05, 3.63) is 91.2 Å². The monoisotopic (exact) mass is 611 g/mol. The van der Waals surface area contributed by atoms with E-state index in [1.165, 1.54) is 18.6 Å². The number of aromatic nitrogens is 3. The van der Waals surface area contributed by atoms with Crippen LogP contribution < -0.4 is 20.3 Å². The summed E-state index contributed by atoms with van der Waals surface area (Å²) in [7, 11) is 7.34. The van der Waals surface area contributed by atoms with Crippen LogP contribution in [0.1, 0.15) is 0 Å². The van der Waals surface area contributed by atoms with E-state index in [9.17, 15) is 4.79 Å². The third-order valence-electron chi connectivity index (χ3n) is 7.17. The number of amides is 1. The average Bonchev–Trinajstić information content (AvgIpc) is 3.03. The van der Waals surface area contributed by atoms with Crippen LogP contribution in [0.15, 0.2) is 84.9 Å². The lowest BCUT2D eigenvalue weighted by molar-refractivity contribution is -0.442. The highest BCUT2D eigenvalue weighted by Gasteiger charge is 2.26. The van der Waals surface area contributed by atoms with Gasteiger partial charge in [0.1, 0.15) is 34.9 Å². The number of carbonyl (C=O) groups excluding carboxylic acids is 1. The molecule has 232 valence electrons. The van der Waals surface area contributed by atoms with Crippen LogP contribution in [-0.4, -0.2) is 88.4 Å². The van der Waals surface area contributed by atoms with Crippen LogP contribution in [0.2, 0.25) is 0 Å². The maximum absolute atomic E-state index is 15.4. The fourth-order valence-electron chi connectivity index (χ4n) is 4.88. The Hall–Kier alpha value is -5.36. The molecule has 0 aliphatic carbocycles. The van der Waals surface area contributed by atoms with Crippen molar-refractivity contribution in [3.8, 4) is 17.2 Å². The summed E-state index contributed by atoms with van der Waals surface area (Å²) in [4.78, 5) is 29.4. The number of aryl methyl sites for hydroxylation is 1. The minimum absolute atomic E-state index is 0.0256. The number of ether oxygens (including phenoxy) is 2. The summed E-state index contributed by atoms with van der Waals surface area (Å²) in [5, 5.41) is 3.71. The number of hydrogen-bond donors (Lipinski definition) is 1. The zero-order valence-electron chi connectivity index (χ0n) is 25.8. The van der Waals surface area contributed by atoms with E-state index < -0.39 is 5.82 Å². The third-order valence-corrected chi connectivity index (χ3v) is 7.17.